The summed E-state index contributed by atoms with van der Waals surface area (Å²) in [4.78, 5) is 0. The zero-order valence-corrected chi connectivity index (χ0v) is 6.73. The topological polar surface area (TPSA) is 0 Å². The molecule has 0 amide bonds. The highest BCUT2D eigenvalue weighted by Gasteiger charge is 2.11. The maximum Gasteiger partial charge on any atom is 0.0626 e. The van der Waals surface area contributed by atoms with Gasteiger partial charge in [-0.25, -0.2) is 0 Å². The van der Waals surface area contributed by atoms with E-state index in [1.807, 2.05) is 12.1 Å². The van der Waals surface area contributed by atoms with Gasteiger partial charge in [0.1, 0.15) is 0 Å². The normalized spacial score (nSPS) is 14.3. The Morgan fingerprint density at radius 1 is 1.30 bits per heavy atom. The number of benzene rings is 1. The van der Waals surface area contributed by atoms with E-state index in [0.29, 0.717) is 12.1 Å². The smallest absolute Gasteiger partial charge is 0.0622 e. The summed E-state index contributed by atoms with van der Waals surface area (Å²) in [5.74, 6) is 0. The van der Waals surface area contributed by atoms with E-state index in [0.717, 1.165) is 5.56 Å². The summed E-state index contributed by atoms with van der Waals surface area (Å²) in [5.41, 5.74) is 0.906. The monoisotopic (exact) mass is 136 g/mol. The molecule has 0 unspecified atom stereocenters. The van der Waals surface area contributed by atoms with Gasteiger partial charge in [0.2, 0.25) is 0 Å². The van der Waals surface area contributed by atoms with Crippen LogP contribution in [0.25, 0.3) is 0 Å². The van der Waals surface area contributed by atoms with Crippen molar-refractivity contribution in [3.05, 3.63) is 35.8 Å². The summed E-state index contributed by atoms with van der Waals surface area (Å²) in [6, 6.07) is 6.06. The molecule has 0 aliphatic heterocycles. The highest BCUT2D eigenvalue weighted by atomic mass is 14.2. The Bertz CT molecular complexity index is 284. The summed E-state index contributed by atoms with van der Waals surface area (Å²) >= 11 is 0. The SMILES string of the molecule is [2H]c1cccc(C(C)(C)C)c1[2H]. The Morgan fingerprint density at radius 2 is 2.00 bits per heavy atom. The van der Waals surface area contributed by atoms with Crippen LogP contribution in [0.3, 0.4) is 0 Å². The van der Waals surface area contributed by atoms with Crippen molar-refractivity contribution >= 4 is 0 Å². The Kier molecular flexibility index (Phi) is 1.21. The summed E-state index contributed by atoms with van der Waals surface area (Å²) in [7, 11) is 0. The second-order valence-corrected chi connectivity index (χ2v) is 3.46. The van der Waals surface area contributed by atoms with E-state index in [2.05, 4.69) is 20.8 Å². The molecule has 0 N–H and O–H groups in total. The van der Waals surface area contributed by atoms with Crippen molar-refractivity contribution in [1.29, 1.82) is 0 Å². The zero-order valence-electron chi connectivity index (χ0n) is 8.73. The van der Waals surface area contributed by atoms with Crippen LogP contribution in [0, 0.1) is 0 Å². The van der Waals surface area contributed by atoms with Crippen LogP contribution in [0.1, 0.15) is 29.1 Å². The second kappa shape index (κ2) is 2.45. The lowest BCUT2D eigenvalue weighted by atomic mass is 9.87. The fourth-order valence-corrected chi connectivity index (χ4v) is 0.791. The van der Waals surface area contributed by atoms with Gasteiger partial charge in [-0.2, -0.15) is 0 Å². The van der Waals surface area contributed by atoms with E-state index in [-0.39, 0.29) is 5.41 Å². The molecular weight excluding hydrogens is 120 g/mol. The van der Waals surface area contributed by atoms with E-state index < -0.39 is 0 Å². The van der Waals surface area contributed by atoms with Crippen molar-refractivity contribution in [2.75, 3.05) is 0 Å². The molecule has 0 heterocycles. The summed E-state index contributed by atoms with van der Waals surface area (Å²) in [6.45, 7) is 6.17. The predicted molar refractivity (Wildman–Crippen MR) is 45.1 cm³/mol. The third-order valence-electron chi connectivity index (χ3n) is 1.46. The van der Waals surface area contributed by atoms with E-state index in [9.17, 15) is 0 Å². The summed E-state index contributed by atoms with van der Waals surface area (Å²) < 4.78 is 15.1. The molecule has 1 aromatic rings. The van der Waals surface area contributed by atoms with Crippen LogP contribution >= 0.6 is 0 Å². The lowest BCUT2D eigenvalue weighted by Crippen LogP contribution is -2.10. The third kappa shape index (κ3) is 1.60. The van der Waals surface area contributed by atoms with Crippen LogP contribution in [-0.4, -0.2) is 0 Å². The van der Waals surface area contributed by atoms with Gasteiger partial charge < -0.3 is 0 Å². The highest BCUT2D eigenvalue weighted by Crippen LogP contribution is 2.20. The van der Waals surface area contributed by atoms with E-state index in [1.165, 1.54) is 0 Å². The first-order chi connectivity index (χ1) is 5.43. The fraction of sp³-hybridized carbons (Fsp3) is 0.400. The van der Waals surface area contributed by atoms with E-state index in [4.69, 9.17) is 2.74 Å². The first-order valence-corrected chi connectivity index (χ1v) is 3.49. The van der Waals surface area contributed by atoms with Gasteiger partial charge in [0.05, 0.1) is 2.74 Å². The average molecular weight is 136 g/mol. The van der Waals surface area contributed by atoms with Gasteiger partial charge in [-0.05, 0) is 11.0 Å². The lowest BCUT2D eigenvalue weighted by molar-refractivity contribution is 0.590. The predicted octanol–water partition coefficient (Wildman–Crippen LogP) is 2.98. The van der Waals surface area contributed by atoms with Gasteiger partial charge in [0.25, 0.3) is 0 Å². The van der Waals surface area contributed by atoms with E-state index >= 15 is 0 Å². The Hall–Kier alpha value is -0.780. The van der Waals surface area contributed by atoms with Crippen molar-refractivity contribution in [3.63, 3.8) is 0 Å². The number of rotatable bonds is 0. The molecule has 0 atom stereocenters. The summed E-state index contributed by atoms with van der Waals surface area (Å²) in [6.07, 6.45) is 0. The Balaban J connectivity index is 3.26. The number of hydrogen-bond acceptors (Lipinski definition) is 0. The molecule has 0 aliphatic rings. The fourth-order valence-electron chi connectivity index (χ4n) is 0.791. The lowest BCUT2D eigenvalue weighted by Gasteiger charge is -2.18. The van der Waals surface area contributed by atoms with Crippen molar-refractivity contribution in [3.8, 4) is 0 Å². The standard InChI is InChI=1S/C10H14/c1-10(2,3)9-7-5-4-6-8-9/h4-8H,1-3H3/i5D,7D. The van der Waals surface area contributed by atoms with E-state index in [1.54, 1.807) is 6.07 Å². The first-order valence-electron chi connectivity index (χ1n) is 4.49. The van der Waals surface area contributed by atoms with Crippen LogP contribution in [-0.2, 0) is 5.41 Å². The van der Waals surface area contributed by atoms with Crippen molar-refractivity contribution in [1.82, 2.24) is 0 Å². The number of hydrogen-bond donors (Lipinski definition) is 0. The Morgan fingerprint density at radius 3 is 2.50 bits per heavy atom. The molecule has 54 valence electrons. The van der Waals surface area contributed by atoms with Crippen LogP contribution in [0.2, 0.25) is 0 Å². The molecule has 0 fully saturated rings. The maximum absolute atomic E-state index is 7.66. The van der Waals surface area contributed by atoms with Crippen molar-refractivity contribution < 1.29 is 2.74 Å². The second-order valence-electron chi connectivity index (χ2n) is 3.46. The molecule has 0 saturated carbocycles. The third-order valence-corrected chi connectivity index (χ3v) is 1.46. The molecule has 0 saturated heterocycles. The van der Waals surface area contributed by atoms with Gasteiger partial charge in [-0.15, -0.1) is 0 Å². The van der Waals surface area contributed by atoms with Gasteiger partial charge in [0.15, 0.2) is 0 Å². The molecule has 1 rings (SSSR count). The Labute approximate surface area is 65.7 Å². The minimum absolute atomic E-state index is 0.0336. The highest BCUT2D eigenvalue weighted by molar-refractivity contribution is 5.21. The van der Waals surface area contributed by atoms with Gasteiger partial charge in [-0.1, -0.05) is 51.1 Å². The maximum atomic E-state index is 7.66. The molecule has 0 heteroatoms. The first kappa shape index (κ1) is 4.95. The average Bonchev–Trinajstić information content (AvgIpc) is 1.92. The van der Waals surface area contributed by atoms with Crippen LogP contribution in [0.4, 0.5) is 0 Å². The van der Waals surface area contributed by atoms with Crippen LogP contribution in [0.5, 0.6) is 0 Å². The van der Waals surface area contributed by atoms with Crippen molar-refractivity contribution in [2.24, 2.45) is 0 Å². The van der Waals surface area contributed by atoms with Gasteiger partial charge >= 0.3 is 0 Å². The quantitative estimate of drug-likeness (QED) is 0.514. The minimum atomic E-state index is -0.0336. The minimum Gasteiger partial charge on any atom is -0.0622 e. The van der Waals surface area contributed by atoms with Gasteiger partial charge in [0, 0.05) is 0 Å². The molecule has 0 aromatic heterocycles. The molecule has 1 aromatic carbocycles. The molecule has 0 nitrogen and oxygen atoms in total. The molecule has 0 aliphatic carbocycles. The van der Waals surface area contributed by atoms with Crippen LogP contribution < -0.4 is 0 Å². The molecule has 0 radical (unpaired) electrons. The van der Waals surface area contributed by atoms with Gasteiger partial charge in [-0.3, -0.25) is 0 Å². The summed E-state index contributed by atoms with van der Waals surface area (Å²) in [5, 5.41) is 0. The van der Waals surface area contributed by atoms with Crippen molar-refractivity contribution in [2.45, 2.75) is 26.2 Å². The molecule has 0 spiro atoms. The zero-order chi connectivity index (χ0) is 9.35. The molecule has 10 heavy (non-hydrogen) atoms. The molecular formula is C10H14. The largest absolute Gasteiger partial charge is 0.0626 e. The van der Waals surface area contributed by atoms with Crippen LogP contribution in [0.15, 0.2) is 30.3 Å². The molecule has 0 bridgehead atoms.